The summed E-state index contributed by atoms with van der Waals surface area (Å²) >= 11 is 0. The van der Waals surface area contributed by atoms with Gasteiger partial charge in [0.25, 0.3) is 0 Å². The monoisotopic (exact) mass is 324 g/mol. The Balaban J connectivity index is 2.44. The molecule has 2 amide bonds. The lowest BCUT2D eigenvalue weighted by Crippen LogP contribution is -2.52. The predicted molar refractivity (Wildman–Crippen MR) is 86.6 cm³/mol. The molecule has 0 unspecified atom stereocenters. The van der Waals surface area contributed by atoms with Crippen LogP contribution in [0, 0.1) is 5.82 Å². The minimum absolute atomic E-state index is 0.156. The third kappa shape index (κ3) is 8.18. The Labute approximate surface area is 136 Å². The molecule has 0 radical (unpaired) electrons. The van der Waals surface area contributed by atoms with Gasteiger partial charge in [-0.05, 0) is 52.3 Å². The van der Waals surface area contributed by atoms with Crippen molar-refractivity contribution in [2.75, 3.05) is 6.54 Å². The van der Waals surface area contributed by atoms with E-state index < -0.39 is 17.2 Å². The highest BCUT2D eigenvalue weighted by atomic mass is 19.1. The van der Waals surface area contributed by atoms with Crippen LogP contribution in [0.3, 0.4) is 0 Å². The fourth-order valence-electron chi connectivity index (χ4n) is 1.79. The first-order valence-corrected chi connectivity index (χ1v) is 7.49. The van der Waals surface area contributed by atoms with Crippen LogP contribution in [0.5, 0.6) is 0 Å². The van der Waals surface area contributed by atoms with E-state index in [1.54, 1.807) is 46.8 Å². The van der Waals surface area contributed by atoms with Gasteiger partial charge in [-0.3, -0.25) is 4.79 Å². The van der Waals surface area contributed by atoms with Crippen LogP contribution >= 0.6 is 0 Å². The van der Waals surface area contributed by atoms with E-state index in [0.29, 0.717) is 0 Å². The number of hydrogen-bond donors (Lipinski definition) is 2. The summed E-state index contributed by atoms with van der Waals surface area (Å²) in [5.41, 5.74) is -0.505. The molecule has 1 aromatic carbocycles. The third-order valence-electron chi connectivity index (χ3n) is 2.84. The van der Waals surface area contributed by atoms with Crippen LogP contribution in [0.15, 0.2) is 24.3 Å². The smallest absolute Gasteiger partial charge is 0.408 e. The van der Waals surface area contributed by atoms with Crippen molar-refractivity contribution >= 4 is 12.0 Å². The SMILES string of the molecule is CC(C)(CNC(=O)Cc1ccc(F)cc1)NC(=O)OC(C)(C)C. The van der Waals surface area contributed by atoms with Crippen molar-refractivity contribution in [1.82, 2.24) is 10.6 Å². The van der Waals surface area contributed by atoms with Crippen LogP contribution in [0.2, 0.25) is 0 Å². The summed E-state index contributed by atoms with van der Waals surface area (Å²) < 4.78 is 18.0. The van der Waals surface area contributed by atoms with E-state index in [1.165, 1.54) is 12.1 Å². The molecular formula is C17H25FN2O3. The average molecular weight is 324 g/mol. The molecule has 0 saturated carbocycles. The van der Waals surface area contributed by atoms with E-state index in [-0.39, 0.29) is 24.7 Å². The maximum Gasteiger partial charge on any atom is 0.408 e. The zero-order valence-corrected chi connectivity index (χ0v) is 14.3. The lowest BCUT2D eigenvalue weighted by Gasteiger charge is -2.28. The molecule has 23 heavy (non-hydrogen) atoms. The molecule has 0 aliphatic rings. The summed E-state index contributed by atoms with van der Waals surface area (Å²) in [5.74, 6) is -0.535. The van der Waals surface area contributed by atoms with Crippen LogP contribution in [0.1, 0.15) is 40.2 Å². The fourth-order valence-corrected chi connectivity index (χ4v) is 1.79. The first-order valence-electron chi connectivity index (χ1n) is 7.49. The number of carbonyl (C=O) groups excluding carboxylic acids is 2. The number of rotatable bonds is 5. The van der Waals surface area contributed by atoms with E-state index in [1.807, 2.05) is 0 Å². The van der Waals surface area contributed by atoms with Gasteiger partial charge in [-0.25, -0.2) is 9.18 Å². The number of hydrogen-bond acceptors (Lipinski definition) is 3. The summed E-state index contributed by atoms with van der Waals surface area (Å²) in [7, 11) is 0. The largest absolute Gasteiger partial charge is 0.444 e. The standard InChI is InChI=1S/C17H25FN2O3/c1-16(2,3)23-15(22)20-17(4,5)11-19-14(21)10-12-6-8-13(18)9-7-12/h6-9H,10-11H2,1-5H3,(H,19,21)(H,20,22). The summed E-state index contributed by atoms with van der Waals surface area (Å²) in [6.07, 6.45) is -0.377. The topological polar surface area (TPSA) is 67.4 Å². The van der Waals surface area contributed by atoms with Crippen molar-refractivity contribution in [3.05, 3.63) is 35.6 Å². The molecule has 6 heteroatoms. The van der Waals surface area contributed by atoms with Crippen molar-refractivity contribution in [3.63, 3.8) is 0 Å². The highest BCUT2D eigenvalue weighted by Gasteiger charge is 2.25. The van der Waals surface area contributed by atoms with Gasteiger partial charge in [0.15, 0.2) is 0 Å². The van der Waals surface area contributed by atoms with Crippen molar-refractivity contribution < 1.29 is 18.7 Å². The minimum Gasteiger partial charge on any atom is -0.444 e. The van der Waals surface area contributed by atoms with Gasteiger partial charge in [-0.15, -0.1) is 0 Å². The normalized spacial score (nSPS) is 11.7. The second-order valence-corrected chi connectivity index (χ2v) is 7.09. The third-order valence-corrected chi connectivity index (χ3v) is 2.84. The Kier molecular flexibility index (Phi) is 6.12. The molecule has 0 aromatic heterocycles. The summed E-state index contributed by atoms with van der Waals surface area (Å²) in [4.78, 5) is 23.7. The number of amides is 2. The zero-order chi connectivity index (χ0) is 17.7. The molecule has 2 N–H and O–H groups in total. The van der Waals surface area contributed by atoms with Crippen LogP contribution in [0.25, 0.3) is 0 Å². The Bertz CT molecular complexity index is 548. The quantitative estimate of drug-likeness (QED) is 0.875. The number of carbonyl (C=O) groups is 2. The molecule has 1 aromatic rings. The first kappa shape index (κ1) is 18.9. The number of benzene rings is 1. The van der Waals surface area contributed by atoms with E-state index in [4.69, 9.17) is 4.74 Å². The Morgan fingerprint density at radius 3 is 2.17 bits per heavy atom. The van der Waals surface area contributed by atoms with Gasteiger partial charge in [0.05, 0.1) is 12.0 Å². The van der Waals surface area contributed by atoms with Crippen LogP contribution in [-0.4, -0.2) is 29.7 Å². The average Bonchev–Trinajstić information content (AvgIpc) is 2.36. The molecule has 0 aliphatic carbocycles. The second kappa shape index (κ2) is 7.44. The molecular weight excluding hydrogens is 299 g/mol. The van der Waals surface area contributed by atoms with Gasteiger partial charge in [0.1, 0.15) is 11.4 Å². The Hall–Kier alpha value is -2.11. The fraction of sp³-hybridized carbons (Fsp3) is 0.529. The summed E-state index contributed by atoms with van der Waals surface area (Å²) in [6, 6.07) is 5.77. The van der Waals surface area contributed by atoms with Gasteiger partial charge < -0.3 is 15.4 Å². The summed E-state index contributed by atoms with van der Waals surface area (Å²) in [5, 5.41) is 5.47. The number of ether oxygens (including phenoxy) is 1. The zero-order valence-electron chi connectivity index (χ0n) is 14.3. The molecule has 0 bridgehead atoms. The highest BCUT2D eigenvalue weighted by Crippen LogP contribution is 2.09. The molecule has 0 spiro atoms. The van der Waals surface area contributed by atoms with Crippen molar-refractivity contribution in [2.24, 2.45) is 0 Å². The van der Waals surface area contributed by atoms with Gasteiger partial charge in [0, 0.05) is 6.54 Å². The molecule has 0 heterocycles. The van der Waals surface area contributed by atoms with Gasteiger partial charge in [-0.2, -0.15) is 0 Å². The number of halogens is 1. The maximum atomic E-state index is 12.8. The molecule has 0 fully saturated rings. The highest BCUT2D eigenvalue weighted by molar-refractivity contribution is 5.78. The molecule has 0 saturated heterocycles. The van der Waals surface area contributed by atoms with Gasteiger partial charge in [0.2, 0.25) is 5.91 Å². The molecule has 128 valence electrons. The predicted octanol–water partition coefficient (Wildman–Crippen LogP) is 2.79. The van der Waals surface area contributed by atoms with Gasteiger partial charge >= 0.3 is 6.09 Å². The lowest BCUT2D eigenvalue weighted by atomic mass is 10.1. The van der Waals surface area contributed by atoms with E-state index in [2.05, 4.69) is 10.6 Å². The lowest BCUT2D eigenvalue weighted by molar-refractivity contribution is -0.120. The van der Waals surface area contributed by atoms with E-state index in [9.17, 15) is 14.0 Å². The van der Waals surface area contributed by atoms with Crippen LogP contribution in [0.4, 0.5) is 9.18 Å². The number of alkyl carbamates (subject to hydrolysis) is 1. The van der Waals surface area contributed by atoms with Crippen molar-refractivity contribution in [2.45, 2.75) is 52.2 Å². The molecule has 0 aliphatic heterocycles. The Morgan fingerprint density at radius 2 is 1.65 bits per heavy atom. The number of nitrogens with one attached hydrogen (secondary N) is 2. The maximum absolute atomic E-state index is 12.8. The first-order chi connectivity index (χ1) is 10.5. The van der Waals surface area contributed by atoms with Crippen LogP contribution < -0.4 is 10.6 Å². The van der Waals surface area contributed by atoms with Crippen molar-refractivity contribution in [1.29, 1.82) is 0 Å². The van der Waals surface area contributed by atoms with Crippen LogP contribution in [-0.2, 0) is 16.0 Å². The van der Waals surface area contributed by atoms with Gasteiger partial charge in [-0.1, -0.05) is 12.1 Å². The molecule has 0 atom stereocenters. The Morgan fingerprint density at radius 1 is 1.09 bits per heavy atom. The van der Waals surface area contributed by atoms with E-state index in [0.717, 1.165) is 5.56 Å². The minimum atomic E-state index is -0.652. The summed E-state index contributed by atoms with van der Waals surface area (Å²) in [6.45, 7) is 9.18. The van der Waals surface area contributed by atoms with E-state index >= 15 is 0 Å². The van der Waals surface area contributed by atoms with Crippen molar-refractivity contribution in [3.8, 4) is 0 Å². The second-order valence-electron chi connectivity index (χ2n) is 7.09. The molecule has 5 nitrogen and oxygen atoms in total. The molecule has 1 rings (SSSR count).